The summed E-state index contributed by atoms with van der Waals surface area (Å²) in [6.07, 6.45) is 0. The van der Waals surface area contributed by atoms with Crippen molar-refractivity contribution in [3.05, 3.63) is 46.4 Å². The van der Waals surface area contributed by atoms with E-state index in [0.29, 0.717) is 22.3 Å². The van der Waals surface area contributed by atoms with Crippen LogP contribution in [0.3, 0.4) is 0 Å². The molecule has 0 radical (unpaired) electrons. The Kier molecular flexibility index (Phi) is 4.27. The molecule has 0 amide bonds. The lowest BCUT2D eigenvalue weighted by molar-refractivity contribution is 0.390. The van der Waals surface area contributed by atoms with Gasteiger partial charge in [-0.15, -0.1) is 11.6 Å². The highest BCUT2D eigenvalue weighted by Gasteiger charge is 2.22. The summed E-state index contributed by atoms with van der Waals surface area (Å²) >= 11 is 12.6. The molecule has 1 unspecified atom stereocenters. The fourth-order valence-corrected chi connectivity index (χ4v) is 2.48. The van der Waals surface area contributed by atoms with E-state index < -0.39 is 5.38 Å². The minimum atomic E-state index is -0.466. The van der Waals surface area contributed by atoms with Crippen LogP contribution in [0.15, 0.2) is 28.7 Å². The van der Waals surface area contributed by atoms with Crippen LogP contribution in [0.25, 0.3) is 0 Å². The third-order valence-electron chi connectivity index (χ3n) is 2.80. The van der Waals surface area contributed by atoms with E-state index in [-0.39, 0.29) is 0 Å². The van der Waals surface area contributed by atoms with E-state index in [9.17, 15) is 0 Å². The summed E-state index contributed by atoms with van der Waals surface area (Å²) in [4.78, 5) is 0. The monoisotopic (exact) mass is 300 g/mol. The molecule has 102 valence electrons. The van der Waals surface area contributed by atoms with Crippen LogP contribution in [0.5, 0.6) is 11.5 Å². The molecule has 0 spiro atoms. The SMILES string of the molecule is COc1ccc(C(Cl)c2ccc(C)o2)c(OC)c1Cl. The maximum absolute atomic E-state index is 6.42. The molecule has 3 nitrogen and oxygen atoms in total. The van der Waals surface area contributed by atoms with Crippen LogP contribution in [0, 0.1) is 6.92 Å². The molecule has 0 aliphatic rings. The van der Waals surface area contributed by atoms with E-state index in [1.807, 2.05) is 25.1 Å². The lowest BCUT2D eigenvalue weighted by Gasteiger charge is -2.15. The van der Waals surface area contributed by atoms with Crippen molar-refractivity contribution < 1.29 is 13.9 Å². The number of ether oxygens (including phenoxy) is 2. The van der Waals surface area contributed by atoms with Crippen molar-refractivity contribution in [1.82, 2.24) is 0 Å². The smallest absolute Gasteiger partial charge is 0.146 e. The van der Waals surface area contributed by atoms with Gasteiger partial charge >= 0.3 is 0 Å². The number of hydrogen-bond acceptors (Lipinski definition) is 3. The minimum absolute atomic E-state index is 0.399. The van der Waals surface area contributed by atoms with Crippen LogP contribution < -0.4 is 9.47 Å². The molecular weight excluding hydrogens is 287 g/mol. The van der Waals surface area contributed by atoms with Gasteiger partial charge in [0.2, 0.25) is 0 Å². The molecule has 19 heavy (non-hydrogen) atoms. The standard InChI is InChI=1S/C14H14Cl2O3/c1-8-4-6-11(19-8)12(15)9-5-7-10(17-2)13(16)14(9)18-3/h4-7,12H,1-3H3. The molecule has 0 saturated carbocycles. The zero-order chi connectivity index (χ0) is 14.0. The average molecular weight is 301 g/mol. The number of benzene rings is 1. The number of aryl methyl sites for hydroxylation is 1. The first kappa shape index (κ1) is 14.1. The molecule has 0 N–H and O–H groups in total. The minimum Gasteiger partial charge on any atom is -0.495 e. The highest BCUT2D eigenvalue weighted by atomic mass is 35.5. The molecule has 0 bridgehead atoms. The van der Waals surface area contributed by atoms with Gasteiger partial charge in [-0.3, -0.25) is 0 Å². The van der Waals surface area contributed by atoms with Crippen LogP contribution in [0.1, 0.15) is 22.5 Å². The molecule has 1 aromatic carbocycles. The Balaban J connectivity index is 2.47. The first-order valence-corrected chi connectivity index (χ1v) is 6.50. The number of methoxy groups -OCH3 is 2. The average Bonchev–Trinajstić information content (AvgIpc) is 2.84. The summed E-state index contributed by atoms with van der Waals surface area (Å²) in [5.41, 5.74) is 0.740. The Morgan fingerprint density at radius 2 is 1.84 bits per heavy atom. The Bertz CT molecular complexity index is 578. The summed E-state index contributed by atoms with van der Waals surface area (Å²) < 4.78 is 16.0. The van der Waals surface area contributed by atoms with E-state index >= 15 is 0 Å². The highest BCUT2D eigenvalue weighted by Crippen LogP contribution is 2.43. The van der Waals surface area contributed by atoms with Crippen molar-refractivity contribution in [3.8, 4) is 11.5 Å². The van der Waals surface area contributed by atoms with Gasteiger partial charge in [-0.25, -0.2) is 0 Å². The largest absolute Gasteiger partial charge is 0.495 e. The number of hydrogen-bond donors (Lipinski definition) is 0. The second kappa shape index (κ2) is 5.76. The topological polar surface area (TPSA) is 31.6 Å². The van der Waals surface area contributed by atoms with Crippen molar-refractivity contribution in [2.24, 2.45) is 0 Å². The van der Waals surface area contributed by atoms with Crippen molar-refractivity contribution in [2.45, 2.75) is 12.3 Å². The number of alkyl halides is 1. The second-order valence-corrected chi connectivity index (χ2v) is 4.83. The fourth-order valence-electron chi connectivity index (χ4n) is 1.86. The maximum atomic E-state index is 6.42. The summed E-state index contributed by atoms with van der Waals surface area (Å²) in [6.45, 7) is 1.87. The van der Waals surface area contributed by atoms with Gasteiger partial charge in [0, 0.05) is 5.56 Å². The predicted molar refractivity (Wildman–Crippen MR) is 75.7 cm³/mol. The molecule has 1 heterocycles. The number of halogens is 2. The van der Waals surface area contributed by atoms with Gasteiger partial charge in [0.05, 0.1) is 14.2 Å². The molecule has 0 saturated heterocycles. The molecule has 1 aromatic heterocycles. The van der Waals surface area contributed by atoms with E-state index in [2.05, 4.69) is 0 Å². The molecule has 2 aromatic rings. The third kappa shape index (κ3) is 2.67. The molecule has 0 aliphatic heterocycles. The normalized spacial score (nSPS) is 12.3. The second-order valence-electron chi connectivity index (χ2n) is 4.02. The zero-order valence-corrected chi connectivity index (χ0v) is 12.4. The van der Waals surface area contributed by atoms with Crippen LogP contribution >= 0.6 is 23.2 Å². The lowest BCUT2D eigenvalue weighted by Crippen LogP contribution is -1.98. The van der Waals surface area contributed by atoms with E-state index in [1.54, 1.807) is 20.3 Å². The third-order valence-corrected chi connectivity index (χ3v) is 3.61. The Morgan fingerprint density at radius 1 is 1.11 bits per heavy atom. The molecular formula is C14H14Cl2O3. The van der Waals surface area contributed by atoms with Crippen molar-refractivity contribution in [2.75, 3.05) is 14.2 Å². The van der Waals surface area contributed by atoms with E-state index in [1.165, 1.54) is 0 Å². The van der Waals surface area contributed by atoms with Gasteiger partial charge in [0.25, 0.3) is 0 Å². The highest BCUT2D eigenvalue weighted by molar-refractivity contribution is 6.34. The number of rotatable bonds is 4. The van der Waals surface area contributed by atoms with E-state index in [4.69, 9.17) is 37.1 Å². The first-order chi connectivity index (χ1) is 9.08. The van der Waals surface area contributed by atoms with Gasteiger partial charge in [-0.1, -0.05) is 11.6 Å². The first-order valence-electron chi connectivity index (χ1n) is 5.69. The molecule has 0 aliphatic carbocycles. The van der Waals surface area contributed by atoms with Crippen LogP contribution in [-0.2, 0) is 0 Å². The summed E-state index contributed by atoms with van der Waals surface area (Å²) in [6, 6.07) is 7.28. The van der Waals surface area contributed by atoms with Crippen molar-refractivity contribution >= 4 is 23.2 Å². The zero-order valence-electron chi connectivity index (χ0n) is 10.9. The molecule has 2 rings (SSSR count). The Hall–Kier alpha value is -1.32. The predicted octanol–water partition coefficient (Wildman–Crippen LogP) is 4.59. The lowest BCUT2D eigenvalue weighted by atomic mass is 10.1. The van der Waals surface area contributed by atoms with Gasteiger partial charge in [0.1, 0.15) is 33.4 Å². The molecule has 0 fully saturated rings. The van der Waals surface area contributed by atoms with Crippen molar-refractivity contribution in [3.63, 3.8) is 0 Å². The maximum Gasteiger partial charge on any atom is 0.146 e. The van der Waals surface area contributed by atoms with Crippen LogP contribution in [0.2, 0.25) is 5.02 Å². The summed E-state index contributed by atoms with van der Waals surface area (Å²) in [7, 11) is 3.09. The quantitative estimate of drug-likeness (QED) is 0.774. The van der Waals surface area contributed by atoms with Crippen LogP contribution in [-0.4, -0.2) is 14.2 Å². The van der Waals surface area contributed by atoms with Gasteiger partial charge in [-0.05, 0) is 31.2 Å². The summed E-state index contributed by atoms with van der Waals surface area (Å²) in [5, 5.41) is -0.0662. The van der Waals surface area contributed by atoms with Gasteiger partial charge in [0.15, 0.2) is 0 Å². The number of furan rings is 1. The molecule has 5 heteroatoms. The Morgan fingerprint density at radius 3 is 2.37 bits per heavy atom. The Labute approximate surface area is 122 Å². The van der Waals surface area contributed by atoms with E-state index in [0.717, 1.165) is 11.3 Å². The van der Waals surface area contributed by atoms with Crippen LogP contribution in [0.4, 0.5) is 0 Å². The molecule has 1 atom stereocenters. The van der Waals surface area contributed by atoms with Gasteiger partial charge in [-0.2, -0.15) is 0 Å². The van der Waals surface area contributed by atoms with Gasteiger partial charge < -0.3 is 13.9 Å². The fraction of sp³-hybridized carbons (Fsp3) is 0.286. The summed E-state index contributed by atoms with van der Waals surface area (Å²) in [5.74, 6) is 2.50. The van der Waals surface area contributed by atoms with Crippen molar-refractivity contribution in [1.29, 1.82) is 0 Å².